The summed E-state index contributed by atoms with van der Waals surface area (Å²) in [6.45, 7) is 16.1. The maximum atomic E-state index is 12.7. The Morgan fingerprint density at radius 2 is 1.24 bits per heavy atom. The van der Waals surface area contributed by atoms with E-state index >= 15 is 0 Å². The Bertz CT molecular complexity index is 1160. The van der Waals surface area contributed by atoms with Gasteiger partial charge in [0.05, 0.1) is 6.10 Å². The molecule has 4 aliphatic carbocycles. The molecule has 4 saturated carbocycles. The zero-order valence-electron chi connectivity index (χ0n) is 25.1. The van der Waals surface area contributed by atoms with E-state index in [-0.39, 0.29) is 12.3 Å². The summed E-state index contributed by atoms with van der Waals surface area (Å²) in [4.78, 5) is 62.6. The molecule has 0 amide bonds. The van der Waals surface area contributed by atoms with Gasteiger partial charge < -0.3 is 28.8 Å². The van der Waals surface area contributed by atoms with E-state index in [4.69, 9.17) is 23.7 Å². The minimum Gasteiger partial charge on any atom is -0.462 e. The van der Waals surface area contributed by atoms with Crippen LogP contribution in [0.15, 0.2) is 12.2 Å². The molecular formula is C30H42O11. The number of hydrogen-bond acceptors (Lipinski definition) is 11. The molecule has 0 saturated heterocycles. The van der Waals surface area contributed by atoms with Crippen molar-refractivity contribution in [2.75, 3.05) is 0 Å². The minimum atomic E-state index is -1.29. The van der Waals surface area contributed by atoms with Crippen LogP contribution in [0.3, 0.4) is 0 Å². The molecule has 1 N–H and O–H groups in total. The lowest BCUT2D eigenvalue weighted by molar-refractivity contribution is -0.325. The Hall–Kier alpha value is -2.95. The number of hydrogen-bond donors (Lipinski definition) is 1. The molecule has 11 atom stereocenters. The highest BCUT2D eigenvalue weighted by Crippen LogP contribution is 2.73. The number of rotatable bonds is 5. The third-order valence-corrected chi connectivity index (χ3v) is 10.2. The van der Waals surface area contributed by atoms with Gasteiger partial charge in [0.15, 0.2) is 0 Å². The number of aliphatic hydroxyl groups is 1. The molecule has 4 fully saturated rings. The smallest absolute Gasteiger partial charge is 0.303 e. The number of carbonyl (C=O) groups excluding carboxylic acids is 5. The summed E-state index contributed by atoms with van der Waals surface area (Å²) >= 11 is 0. The fraction of sp³-hybridized carbons (Fsp3) is 0.767. The van der Waals surface area contributed by atoms with E-state index in [1.165, 1.54) is 34.6 Å². The van der Waals surface area contributed by atoms with Crippen LogP contribution in [-0.2, 0) is 47.7 Å². The molecule has 2 bridgehead atoms. The first-order chi connectivity index (χ1) is 18.9. The quantitative estimate of drug-likeness (QED) is 0.291. The lowest BCUT2D eigenvalue weighted by Crippen LogP contribution is -2.77. The summed E-state index contributed by atoms with van der Waals surface area (Å²) in [6.07, 6.45) is -5.17. The lowest BCUT2D eigenvalue weighted by Gasteiger charge is -2.70. The summed E-state index contributed by atoms with van der Waals surface area (Å²) in [5.41, 5.74) is -2.84. The van der Waals surface area contributed by atoms with Gasteiger partial charge in [0, 0.05) is 69.1 Å². The van der Waals surface area contributed by atoms with Crippen LogP contribution in [0.1, 0.15) is 74.7 Å². The van der Waals surface area contributed by atoms with Gasteiger partial charge in [0.25, 0.3) is 0 Å². The van der Waals surface area contributed by atoms with Crippen molar-refractivity contribution in [2.45, 2.75) is 111 Å². The molecule has 4 aliphatic rings. The molecule has 1 spiro atoms. The first-order valence-electron chi connectivity index (χ1n) is 14.1. The molecule has 0 aromatic heterocycles. The van der Waals surface area contributed by atoms with Crippen molar-refractivity contribution in [1.29, 1.82) is 0 Å². The summed E-state index contributed by atoms with van der Waals surface area (Å²) < 4.78 is 29.8. The number of carbonyl (C=O) groups is 5. The number of aliphatic hydroxyl groups excluding tert-OH is 1. The number of fused-ring (bicyclic) bond motifs is 3. The van der Waals surface area contributed by atoms with Gasteiger partial charge in [-0.3, -0.25) is 24.0 Å². The average molecular weight is 579 g/mol. The van der Waals surface area contributed by atoms with E-state index in [1.54, 1.807) is 0 Å². The van der Waals surface area contributed by atoms with Crippen LogP contribution in [0.4, 0.5) is 0 Å². The topological polar surface area (TPSA) is 152 Å². The van der Waals surface area contributed by atoms with Gasteiger partial charge >= 0.3 is 29.8 Å². The van der Waals surface area contributed by atoms with Gasteiger partial charge in [-0.2, -0.15) is 0 Å². The summed E-state index contributed by atoms with van der Waals surface area (Å²) in [7, 11) is 0. The standard InChI is InChI=1S/C30H42O11/c1-13-19-10-20(37-14(2)31)24-29(9)22(39-16(4)33)11-21(38-15(3)32)28(7,8)25(29)23(40-17(5)34)27(41-18(6)35)30(24,12-19)26(13)36/h19-27,36H,1,10-12H2,2-9H3. The Morgan fingerprint density at radius 3 is 1.76 bits per heavy atom. The Labute approximate surface area is 240 Å². The maximum Gasteiger partial charge on any atom is 0.303 e. The second-order valence-corrected chi connectivity index (χ2v) is 13.1. The van der Waals surface area contributed by atoms with E-state index in [9.17, 15) is 29.1 Å². The third-order valence-electron chi connectivity index (χ3n) is 10.2. The maximum absolute atomic E-state index is 12.7. The van der Waals surface area contributed by atoms with E-state index < -0.39 is 94.6 Å². The predicted molar refractivity (Wildman–Crippen MR) is 142 cm³/mol. The summed E-state index contributed by atoms with van der Waals surface area (Å²) in [5, 5.41) is 12.0. The zero-order chi connectivity index (χ0) is 30.8. The van der Waals surface area contributed by atoms with Gasteiger partial charge in [0.2, 0.25) is 0 Å². The van der Waals surface area contributed by atoms with E-state index in [0.717, 1.165) is 0 Å². The number of esters is 5. The van der Waals surface area contributed by atoms with Crippen molar-refractivity contribution in [1.82, 2.24) is 0 Å². The highest BCUT2D eigenvalue weighted by molar-refractivity contribution is 5.69. The highest BCUT2D eigenvalue weighted by Gasteiger charge is 2.80. The molecule has 0 aromatic carbocycles. The van der Waals surface area contributed by atoms with Gasteiger partial charge in [-0.05, 0) is 24.3 Å². The van der Waals surface area contributed by atoms with Gasteiger partial charge in [0.1, 0.15) is 30.5 Å². The molecule has 11 unspecified atom stereocenters. The van der Waals surface area contributed by atoms with Crippen molar-refractivity contribution in [3.8, 4) is 0 Å². The molecule has 41 heavy (non-hydrogen) atoms. The Balaban J connectivity index is 2.09. The van der Waals surface area contributed by atoms with Crippen molar-refractivity contribution >= 4 is 29.8 Å². The average Bonchev–Trinajstić information content (AvgIpc) is 2.99. The van der Waals surface area contributed by atoms with Crippen LogP contribution in [0.2, 0.25) is 0 Å². The molecule has 4 rings (SSSR count). The van der Waals surface area contributed by atoms with Gasteiger partial charge in [-0.15, -0.1) is 0 Å². The van der Waals surface area contributed by atoms with Crippen molar-refractivity contribution in [3.05, 3.63) is 12.2 Å². The van der Waals surface area contributed by atoms with Crippen molar-refractivity contribution in [2.24, 2.45) is 34.0 Å². The minimum absolute atomic E-state index is 0.115. The van der Waals surface area contributed by atoms with E-state index in [0.29, 0.717) is 18.4 Å². The van der Waals surface area contributed by atoms with E-state index in [2.05, 4.69) is 6.58 Å². The van der Waals surface area contributed by atoms with Crippen LogP contribution in [0, 0.1) is 34.0 Å². The predicted octanol–water partition coefficient (Wildman–Crippen LogP) is 2.65. The zero-order valence-corrected chi connectivity index (χ0v) is 25.1. The molecule has 0 aromatic rings. The molecule has 0 radical (unpaired) electrons. The highest BCUT2D eigenvalue weighted by atomic mass is 16.6. The molecule has 11 nitrogen and oxygen atoms in total. The Kier molecular flexibility index (Phi) is 7.86. The van der Waals surface area contributed by atoms with Crippen LogP contribution in [-0.4, -0.2) is 71.6 Å². The number of ether oxygens (including phenoxy) is 5. The van der Waals surface area contributed by atoms with Crippen molar-refractivity contribution < 1.29 is 52.8 Å². The lowest BCUT2D eigenvalue weighted by atomic mass is 9.37. The second-order valence-electron chi connectivity index (χ2n) is 13.1. The fourth-order valence-corrected chi connectivity index (χ4v) is 9.35. The van der Waals surface area contributed by atoms with Crippen molar-refractivity contribution in [3.63, 3.8) is 0 Å². The van der Waals surface area contributed by atoms with Crippen LogP contribution in [0.5, 0.6) is 0 Å². The fourth-order valence-electron chi connectivity index (χ4n) is 9.35. The normalized spacial score (nSPS) is 42.2. The van der Waals surface area contributed by atoms with E-state index in [1.807, 2.05) is 20.8 Å². The molecule has 0 heterocycles. The Morgan fingerprint density at radius 1 is 0.732 bits per heavy atom. The molecular weight excluding hydrogens is 536 g/mol. The van der Waals surface area contributed by atoms with Crippen LogP contribution in [0.25, 0.3) is 0 Å². The summed E-state index contributed by atoms with van der Waals surface area (Å²) in [6, 6.07) is 0. The van der Waals surface area contributed by atoms with Gasteiger partial charge in [-0.25, -0.2) is 0 Å². The molecule has 228 valence electrons. The SMILES string of the molecule is C=C1C2CC(OC(C)=O)C3C4(C)C(OC(C)=O)CC(OC(C)=O)C(C)(C)C4C(OC(C)=O)C(OC(C)=O)C3(C2)C1O. The first-order valence-corrected chi connectivity index (χ1v) is 14.1. The second kappa shape index (κ2) is 10.4. The summed E-state index contributed by atoms with van der Waals surface area (Å²) in [5.74, 6) is -4.69. The first kappa shape index (κ1) is 31.0. The van der Waals surface area contributed by atoms with Crippen LogP contribution >= 0.6 is 0 Å². The molecule has 11 heteroatoms. The van der Waals surface area contributed by atoms with Crippen LogP contribution < -0.4 is 0 Å². The molecule has 0 aliphatic heterocycles. The largest absolute Gasteiger partial charge is 0.462 e. The monoisotopic (exact) mass is 578 g/mol. The third kappa shape index (κ3) is 4.73. The van der Waals surface area contributed by atoms with Gasteiger partial charge in [-0.1, -0.05) is 27.4 Å².